The second-order valence-corrected chi connectivity index (χ2v) is 5.92. The minimum absolute atomic E-state index is 0.0963. The number of hydrogen-bond donors (Lipinski definition) is 0. The highest BCUT2D eigenvalue weighted by molar-refractivity contribution is 6.17. The zero-order valence-corrected chi connectivity index (χ0v) is 14.4. The Balaban J connectivity index is 2.23. The average molecular weight is 415 g/mol. The van der Waals surface area contributed by atoms with Crippen LogP contribution in [0.5, 0.6) is 0 Å². The van der Waals surface area contributed by atoms with Crippen LogP contribution in [0.25, 0.3) is 11.1 Å². The molecule has 0 radical (unpaired) electrons. The van der Waals surface area contributed by atoms with Crippen LogP contribution in [0, 0.1) is 0 Å². The Bertz CT molecular complexity index is 750. The molecular weight excluding hydrogens is 401 g/mol. The van der Waals surface area contributed by atoms with Crippen LogP contribution in [-0.2, 0) is 17.2 Å². The number of alkyl halides is 8. The molecule has 2 rings (SSSR count). The summed E-state index contributed by atoms with van der Waals surface area (Å²) < 4.78 is 94.7. The maximum Gasteiger partial charge on any atom is 0.423 e. The molecule has 0 saturated carbocycles. The molecule has 1 nitrogen and oxygen atoms in total. The standard InChI is InChI=1S/C18H14ClF7O/c19-9-11-5-7-12(8-6-11)14-4-2-1-3-13(14)10-27-18(25,26)17(23,24)15(20)16(21)22/h1-8,15-16H,9-10H2. The molecule has 0 N–H and O–H groups in total. The van der Waals surface area contributed by atoms with Crippen molar-refractivity contribution in [2.45, 2.75) is 37.1 Å². The second-order valence-electron chi connectivity index (χ2n) is 5.65. The molecule has 148 valence electrons. The van der Waals surface area contributed by atoms with Crippen LogP contribution in [0.4, 0.5) is 30.7 Å². The number of hydrogen-bond acceptors (Lipinski definition) is 1. The van der Waals surface area contributed by atoms with Gasteiger partial charge in [-0.1, -0.05) is 48.5 Å². The van der Waals surface area contributed by atoms with Gasteiger partial charge < -0.3 is 4.74 Å². The fraction of sp³-hybridized carbons (Fsp3) is 0.333. The Hall–Kier alpha value is -1.80. The van der Waals surface area contributed by atoms with Crippen molar-refractivity contribution in [3.05, 3.63) is 59.7 Å². The van der Waals surface area contributed by atoms with Crippen molar-refractivity contribution in [1.82, 2.24) is 0 Å². The molecule has 0 bridgehead atoms. The summed E-state index contributed by atoms with van der Waals surface area (Å²) in [7, 11) is 0. The summed E-state index contributed by atoms with van der Waals surface area (Å²) in [5.74, 6) is -5.42. The molecular formula is C18H14ClF7O. The SMILES string of the molecule is FC(F)C(F)C(F)(F)C(F)(F)OCc1ccccc1-c1ccc(CCl)cc1. The van der Waals surface area contributed by atoms with Crippen LogP contribution in [0.3, 0.4) is 0 Å². The molecule has 9 heteroatoms. The summed E-state index contributed by atoms with van der Waals surface area (Å²) in [4.78, 5) is 0. The fourth-order valence-electron chi connectivity index (χ4n) is 2.28. The van der Waals surface area contributed by atoms with E-state index in [0.29, 0.717) is 11.1 Å². The lowest BCUT2D eigenvalue weighted by molar-refractivity contribution is -0.373. The zero-order chi connectivity index (χ0) is 20.2. The van der Waals surface area contributed by atoms with Gasteiger partial charge in [0.15, 0.2) is 0 Å². The first-order chi connectivity index (χ1) is 12.6. The molecule has 0 aliphatic rings. The van der Waals surface area contributed by atoms with E-state index in [9.17, 15) is 30.7 Å². The Kier molecular flexibility index (Phi) is 6.75. The topological polar surface area (TPSA) is 9.23 Å². The van der Waals surface area contributed by atoms with Crippen molar-refractivity contribution in [3.63, 3.8) is 0 Å². The third kappa shape index (κ3) is 4.73. The van der Waals surface area contributed by atoms with Gasteiger partial charge in [-0.2, -0.15) is 17.6 Å². The predicted octanol–water partition coefficient (Wildman–Crippen LogP) is 6.44. The van der Waals surface area contributed by atoms with Gasteiger partial charge in [-0.25, -0.2) is 13.2 Å². The fourth-order valence-corrected chi connectivity index (χ4v) is 2.46. The van der Waals surface area contributed by atoms with Crippen LogP contribution in [0.15, 0.2) is 48.5 Å². The molecule has 0 aliphatic heterocycles. The maximum absolute atomic E-state index is 13.6. The summed E-state index contributed by atoms with van der Waals surface area (Å²) in [6, 6.07) is 12.6. The van der Waals surface area contributed by atoms with E-state index in [-0.39, 0.29) is 11.4 Å². The summed E-state index contributed by atoms with van der Waals surface area (Å²) in [6.07, 6.45) is -14.0. The molecule has 1 atom stereocenters. The number of benzene rings is 2. The third-order valence-corrected chi connectivity index (χ3v) is 4.11. The van der Waals surface area contributed by atoms with Crippen molar-refractivity contribution in [3.8, 4) is 11.1 Å². The highest BCUT2D eigenvalue weighted by Crippen LogP contribution is 2.42. The molecule has 1 unspecified atom stereocenters. The van der Waals surface area contributed by atoms with Crippen LogP contribution in [-0.4, -0.2) is 24.6 Å². The number of ether oxygens (including phenoxy) is 1. The van der Waals surface area contributed by atoms with Crippen molar-refractivity contribution < 1.29 is 35.5 Å². The molecule has 0 heterocycles. The molecule has 0 aromatic heterocycles. The maximum atomic E-state index is 13.6. The molecule has 0 spiro atoms. The largest absolute Gasteiger partial charge is 0.423 e. The molecule has 0 saturated heterocycles. The smallest absolute Gasteiger partial charge is 0.311 e. The van der Waals surface area contributed by atoms with E-state index < -0.39 is 31.2 Å². The summed E-state index contributed by atoms with van der Waals surface area (Å²) in [5, 5.41) is 0. The molecule has 2 aromatic rings. The lowest BCUT2D eigenvalue weighted by Gasteiger charge is -2.28. The van der Waals surface area contributed by atoms with E-state index in [1.807, 2.05) is 0 Å². The minimum Gasteiger partial charge on any atom is -0.311 e. The quantitative estimate of drug-likeness (QED) is 0.357. The Morgan fingerprint density at radius 1 is 0.889 bits per heavy atom. The lowest BCUT2D eigenvalue weighted by Crippen LogP contribution is -2.52. The predicted molar refractivity (Wildman–Crippen MR) is 87.0 cm³/mol. The van der Waals surface area contributed by atoms with Crippen molar-refractivity contribution in [2.75, 3.05) is 0 Å². The van der Waals surface area contributed by atoms with Gasteiger partial charge in [-0.3, -0.25) is 0 Å². The van der Waals surface area contributed by atoms with E-state index in [4.69, 9.17) is 11.6 Å². The Labute approximate surface area is 155 Å². The highest BCUT2D eigenvalue weighted by Gasteiger charge is 2.66. The summed E-state index contributed by atoms with van der Waals surface area (Å²) >= 11 is 5.69. The molecule has 0 amide bonds. The van der Waals surface area contributed by atoms with Crippen LogP contribution >= 0.6 is 11.6 Å². The zero-order valence-electron chi connectivity index (χ0n) is 13.6. The number of rotatable bonds is 8. The van der Waals surface area contributed by atoms with E-state index >= 15 is 0 Å². The van der Waals surface area contributed by atoms with Gasteiger partial charge in [0.2, 0.25) is 6.17 Å². The molecule has 0 fully saturated rings. The van der Waals surface area contributed by atoms with Crippen LogP contribution < -0.4 is 0 Å². The van der Waals surface area contributed by atoms with E-state index in [2.05, 4.69) is 4.74 Å². The minimum atomic E-state index is -5.68. The lowest BCUT2D eigenvalue weighted by atomic mass is 9.99. The van der Waals surface area contributed by atoms with Gasteiger partial charge in [0, 0.05) is 5.88 Å². The molecule has 2 aromatic carbocycles. The van der Waals surface area contributed by atoms with Crippen LogP contribution in [0.2, 0.25) is 0 Å². The van der Waals surface area contributed by atoms with Crippen LogP contribution in [0.1, 0.15) is 11.1 Å². The first-order valence-electron chi connectivity index (χ1n) is 7.65. The highest BCUT2D eigenvalue weighted by atomic mass is 35.5. The second kappa shape index (κ2) is 8.48. The van der Waals surface area contributed by atoms with Gasteiger partial charge in [-0.15, -0.1) is 11.6 Å². The van der Waals surface area contributed by atoms with E-state index in [1.165, 1.54) is 12.1 Å². The van der Waals surface area contributed by atoms with Crippen molar-refractivity contribution in [1.29, 1.82) is 0 Å². The first kappa shape index (κ1) is 21.5. The van der Waals surface area contributed by atoms with Gasteiger partial charge in [0.1, 0.15) is 0 Å². The molecule has 27 heavy (non-hydrogen) atoms. The van der Waals surface area contributed by atoms with E-state index in [0.717, 1.165) is 5.56 Å². The normalized spacial score (nSPS) is 13.8. The average Bonchev–Trinajstić information content (AvgIpc) is 2.65. The number of halogens is 8. The Morgan fingerprint density at radius 2 is 1.48 bits per heavy atom. The van der Waals surface area contributed by atoms with Gasteiger partial charge in [0.05, 0.1) is 6.61 Å². The molecule has 0 aliphatic carbocycles. The Morgan fingerprint density at radius 3 is 2.04 bits per heavy atom. The van der Waals surface area contributed by atoms with Crippen molar-refractivity contribution in [2.24, 2.45) is 0 Å². The van der Waals surface area contributed by atoms with Gasteiger partial charge >= 0.3 is 12.0 Å². The monoisotopic (exact) mass is 414 g/mol. The van der Waals surface area contributed by atoms with Gasteiger partial charge in [-0.05, 0) is 22.3 Å². The summed E-state index contributed by atoms with van der Waals surface area (Å²) in [6.45, 7) is -1.04. The first-order valence-corrected chi connectivity index (χ1v) is 8.18. The third-order valence-electron chi connectivity index (χ3n) is 3.80. The summed E-state index contributed by atoms with van der Waals surface area (Å²) in [5.41, 5.74) is 1.89. The van der Waals surface area contributed by atoms with Crippen molar-refractivity contribution >= 4 is 11.6 Å². The van der Waals surface area contributed by atoms with Gasteiger partial charge in [0.25, 0.3) is 6.43 Å². The van der Waals surface area contributed by atoms with E-state index in [1.54, 1.807) is 36.4 Å².